The molecule has 2 aromatic carbocycles. The minimum Gasteiger partial charge on any atom is -0.301 e. The molecule has 4 heteroatoms. The molecule has 0 saturated heterocycles. The molecule has 0 unspecified atom stereocenters. The molecule has 2 rings (SSSR count). The van der Waals surface area contributed by atoms with E-state index < -0.39 is 7.60 Å². The fourth-order valence-corrected chi connectivity index (χ4v) is 3.63. The van der Waals surface area contributed by atoms with Gasteiger partial charge in [-0.2, -0.15) is 0 Å². The maximum atomic E-state index is 13.1. The molecule has 0 bridgehead atoms. The van der Waals surface area contributed by atoms with Gasteiger partial charge in [-0.05, 0) is 24.0 Å². The van der Waals surface area contributed by atoms with Gasteiger partial charge >= 0.3 is 7.60 Å². The number of unbranched alkanes of at least 4 members (excludes halogenated alkanes) is 3. The van der Waals surface area contributed by atoms with Crippen LogP contribution in [0, 0.1) is 0 Å². The van der Waals surface area contributed by atoms with Crippen LogP contribution in [0.3, 0.4) is 0 Å². The van der Waals surface area contributed by atoms with Crippen molar-refractivity contribution in [3.63, 3.8) is 0 Å². The first-order chi connectivity index (χ1) is 12.2. The van der Waals surface area contributed by atoms with Crippen molar-refractivity contribution in [2.24, 2.45) is 0 Å². The lowest BCUT2D eigenvalue weighted by Crippen LogP contribution is -1.96. The Hall–Kier alpha value is -1.67. The summed E-state index contributed by atoms with van der Waals surface area (Å²) in [4.78, 5) is 0. The Bertz CT molecular complexity index is 621. The molecule has 0 radical (unpaired) electrons. The van der Waals surface area contributed by atoms with Gasteiger partial charge in [0.1, 0.15) is 0 Å². The highest BCUT2D eigenvalue weighted by atomic mass is 31.2. The van der Waals surface area contributed by atoms with Crippen molar-refractivity contribution in [1.29, 1.82) is 0 Å². The minimum absolute atomic E-state index is 0.270. The van der Waals surface area contributed by atoms with Crippen LogP contribution in [-0.4, -0.2) is 0 Å². The minimum atomic E-state index is -3.28. The summed E-state index contributed by atoms with van der Waals surface area (Å²) in [5.41, 5.74) is 1.95. The molecule has 0 amide bonds. The summed E-state index contributed by atoms with van der Waals surface area (Å²) >= 11 is 0. The third kappa shape index (κ3) is 7.83. The fourth-order valence-electron chi connectivity index (χ4n) is 2.32. The van der Waals surface area contributed by atoms with Crippen LogP contribution in [-0.2, 0) is 26.8 Å². The molecule has 0 saturated carbocycles. The summed E-state index contributed by atoms with van der Waals surface area (Å²) in [6.45, 7) is 2.71. The molecule has 0 atom stereocenters. The van der Waals surface area contributed by atoms with Gasteiger partial charge in [-0.25, -0.2) is 0 Å². The predicted octanol–water partition coefficient (Wildman–Crippen LogP) is 6.71. The van der Waals surface area contributed by atoms with Crippen LogP contribution >= 0.6 is 7.60 Å². The second kappa shape index (κ2) is 11.0. The summed E-state index contributed by atoms with van der Waals surface area (Å²) in [5, 5.41) is 0. The van der Waals surface area contributed by atoms with Crippen molar-refractivity contribution >= 4 is 7.60 Å². The third-order valence-corrected chi connectivity index (χ3v) is 5.32. The topological polar surface area (TPSA) is 35.5 Å². The van der Waals surface area contributed by atoms with E-state index in [1.54, 1.807) is 5.82 Å². The molecule has 0 aliphatic rings. The van der Waals surface area contributed by atoms with E-state index in [1.165, 1.54) is 12.8 Å². The van der Waals surface area contributed by atoms with Crippen LogP contribution in [0.2, 0.25) is 0 Å². The zero-order chi connectivity index (χ0) is 17.8. The fraction of sp³-hybridized carbons (Fsp3) is 0.333. The van der Waals surface area contributed by atoms with Crippen LogP contribution in [0.1, 0.15) is 43.7 Å². The zero-order valence-corrected chi connectivity index (χ0v) is 15.7. The number of hydrogen-bond donors (Lipinski definition) is 0. The van der Waals surface area contributed by atoms with Crippen LogP contribution in [0.5, 0.6) is 0 Å². The van der Waals surface area contributed by atoms with Gasteiger partial charge in [0.05, 0.1) is 13.2 Å². The highest BCUT2D eigenvalue weighted by Crippen LogP contribution is 2.51. The van der Waals surface area contributed by atoms with Gasteiger partial charge in [-0.15, -0.1) is 0 Å². The molecule has 0 aliphatic heterocycles. The highest BCUT2D eigenvalue weighted by Gasteiger charge is 2.21. The Labute approximate surface area is 151 Å². The highest BCUT2D eigenvalue weighted by molar-refractivity contribution is 7.57. The van der Waals surface area contributed by atoms with Gasteiger partial charge in [0, 0.05) is 5.82 Å². The van der Waals surface area contributed by atoms with Crippen LogP contribution < -0.4 is 0 Å². The number of hydrogen-bond acceptors (Lipinski definition) is 3. The molecule has 3 nitrogen and oxygen atoms in total. The average molecular weight is 358 g/mol. The van der Waals surface area contributed by atoms with Crippen molar-refractivity contribution < 1.29 is 13.6 Å². The molecule has 134 valence electrons. The van der Waals surface area contributed by atoms with Crippen LogP contribution in [0.25, 0.3) is 0 Å². The Morgan fingerprint density at radius 1 is 0.840 bits per heavy atom. The smallest absolute Gasteiger partial charge is 0.301 e. The van der Waals surface area contributed by atoms with E-state index >= 15 is 0 Å². The van der Waals surface area contributed by atoms with Gasteiger partial charge in [0.15, 0.2) is 0 Å². The maximum Gasteiger partial charge on any atom is 0.354 e. The summed E-state index contributed by atoms with van der Waals surface area (Å²) in [7, 11) is -3.28. The van der Waals surface area contributed by atoms with Crippen molar-refractivity contribution in [3.05, 3.63) is 83.7 Å². The molecule has 0 fully saturated rings. The first-order valence-corrected chi connectivity index (χ1v) is 10.5. The standard InChI is InChI=1S/C21H27O3P/c1-2-3-4-5-12-17-25(22,23-18-20-13-8-6-9-14-20)24-19-21-15-10-7-11-16-21/h6-17H,2-5,18-19H2,1H3/b17-12+. The average Bonchev–Trinajstić information content (AvgIpc) is 2.67. The van der Waals surface area contributed by atoms with E-state index in [9.17, 15) is 4.57 Å². The van der Waals surface area contributed by atoms with Crippen molar-refractivity contribution in [1.82, 2.24) is 0 Å². The van der Waals surface area contributed by atoms with E-state index in [2.05, 4.69) is 6.92 Å². The monoisotopic (exact) mass is 358 g/mol. The summed E-state index contributed by atoms with van der Waals surface area (Å²) in [6.07, 6.45) is 6.24. The van der Waals surface area contributed by atoms with Gasteiger partial charge in [0.2, 0.25) is 0 Å². The van der Waals surface area contributed by atoms with Crippen molar-refractivity contribution in [2.45, 2.75) is 45.8 Å². The van der Waals surface area contributed by atoms with E-state index in [4.69, 9.17) is 9.05 Å². The molecule has 0 spiro atoms. The molecular weight excluding hydrogens is 331 g/mol. The molecule has 0 N–H and O–H groups in total. The Kier molecular flexibility index (Phi) is 8.68. The largest absolute Gasteiger partial charge is 0.354 e. The predicted molar refractivity (Wildman–Crippen MR) is 103 cm³/mol. The van der Waals surface area contributed by atoms with Gasteiger partial charge in [0.25, 0.3) is 0 Å². The SMILES string of the molecule is CCCCC/C=C/P(=O)(OCc1ccccc1)OCc1ccccc1. The molecule has 0 heterocycles. The molecule has 0 aliphatic carbocycles. The Balaban J connectivity index is 1.97. The lowest BCUT2D eigenvalue weighted by molar-refractivity contribution is 0.199. The van der Waals surface area contributed by atoms with Gasteiger partial charge in [-0.1, -0.05) is 86.5 Å². The van der Waals surface area contributed by atoms with Crippen molar-refractivity contribution in [2.75, 3.05) is 0 Å². The first kappa shape index (κ1) is 19.7. The van der Waals surface area contributed by atoms with Gasteiger partial charge < -0.3 is 9.05 Å². The second-order valence-corrected chi connectivity index (χ2v) is 7.83. The van der Waals surface area contributed by atoms with E-state index in [0.717, 1.165) is 24.0 Å². The lowest BCUT2D eigenvalue weighted by Gasteiger charge is -2.15. The van der Waals surface area contributed by atoms with Crippen LogP contribution in [0.4, 0.5) is 0 Å². The van der Waals surface area contributed by atoms with Crippen molar-refractivity contribution in [3.8, 4) is 0 Å². The van der Waals surface area contributed by atoms with Gasteiger partial charge in [-0.3, -0.25) is 4.57 Å². The van der Waals surface area contributed by atoms with E-state index in [0.29, 0.717) is 0 Å². The number of benzene rings is 2. The number of allylic oxidation sites excluding steroid dienone is 1. The summed E-state index contributed by atoms with van der Waals surface area (Å²) in [6, 6.07) is 19.5. The molecule has 25 heavy (non-hydrogen) atoms. The maximum absolute atomic E-state index is 13.1. The normalized spacial score (nSPS) is 11.9. The molecule has 2 aromatic rings. The number of rotatable bonds is 11. The Morgan fingerprint density at radius 2 is 1.36 bits per heavy atom. The third-order valence-electron chi connectivity index (χ3n) is 3.77. The lowest BCUT2D eigenvalue weighted by atomic mass is 10.2. The van der Waals surface area contributed by atoms with E-state index in [-0.39, 0.29) is 13.2 Å². The first-order valence-electron chi connectivity index (χ1n) is 8.86. The Morgan fingerprint density at radius 3 is 1.84 bits per heavy atom. The summed E-state index contributed by atoms with van der Waals surface area (Å²) < 4.78 is 24.4. The molecule has 0 aromatic heterocycles. The van der Waals surface area contributed by atoms with Crippen LogP contribution in [0.15, 0.2) is 72.6 Å². The second-order valence-electron chi connectivity index (χ2n) is 5.94. The quantitative estimate of drug-likeness (QED) is 0.331. The molecular formula is C21H27O3P. The summed E-state index contributed by atoms with van der Waals surface area (Å²) in [5.74, 6) is 1.62. The zero-order valence-electron chi connectivity index (χ0n) is 14.8. The van der Waals surface area contributed by atoms with E-state index in [1.807, 2.05) is 66.7 Å².